The summed E-state index contributed by atoms with van der Waals surface area (Å²) in [6, 6.07) is 11.9. The van der Waals surface area contributed by atoms with Crippen LogP contribution in [0.25, 0.3) is 27.8 Å². The molecule has 156 valence electrons. The van der Waals surface area contributed by atoms with E-state index < -0.39 is 0 Å². The molecule has 0 bridgehead atoms. The van der Waals surface area contributed by atoms with E-state index in [-0.39, 0.29) is 0 Å². The second-order valence-corrected chi connectivity index (χ2v) is 9.26. The molecule has 1 aliphatic rings. The molecule has 0 saturated carbocycles. The summed E-state index contributed by atoms with van der Waals surface area (Å²) in [6.07, 6.45) is 6.17. The Labute approximate surface area is 178 Å². The molecule has 5 nitrogen and oxygen atoms in total. The Hall–Kier alpha value is -2.66. The summed E-state index contributed by atoms with van der Waals surface area (Å²) >= 11 is 0. The first-order valence-corrected chi connectivity index (χ1v) is 11.2. The molecule has 4 heterocycles. The van der Waals surface area contributed by atoms with Gasteiger partial charge in [-0.1, -0.05) is 19.9 Å². The third-order valence-electron chi connectivity index (χ3n) is 6.73. The van der Waals surface area contributed by atoms with E-state index in [0.29, 0.717) is 17.9 Å². The zero-order chi connectivity index (χ0) is 20.8. The minimum atomic E-state index is 0.429. The minimum absolute atomic E-state index is 0.429. The number of fused-ring (bicyclic) bond motifs is 2. The van der Waals surface area contributed by atoms with Gasteiger partial charge in [0.15, 0.2) is 5.65 Å². The molecular weight excluding hydrogens is 370 g/mol. The van der Waals surface area contributed by atoms with Crippen LogP contribution in [0.1, 0.15) is 63.5 Å². The lowest BCUT2D eigenvalue weighted by molar-refractivity contribution is 0.172. The highest BCUT2D eigenvalue weighted by molar-refractivity contribution is 5.92. The molecule has 3 aromatic heterocycles. The highest BCUT2D eigenvalue weighted by Crippen LogP contribution is 2.38. The first-order chi connectivity index (χ1) is 14.5. The molecule has 0 spiro atoms. The van der Waals surface area contributed by atoms with Gasteiger partial charge in [0.25, 0.3) is 0 Å². The number of likely N-dealkylation sites (tertiary alicyclic amines) is 1. The topological polar surface area (TPSA) is 49.2 Å². The van der Waals surface area contributed by atoms with Crippen LogP contribution in [0.2, 0.25) is 0 Å². The van der Waals surface area contributed by atoms with E-state index in [1.54, 1.807) is 6.33 Å². The summed E-state index contributed by atoms with van der Waals surface area (Å²) in [6.45, 7) is 11.6. The molecule has 0 unspecified atom stereocenters. The van der Waals surface area contributed by atoms with Gasteiger partial charge in [-0.15, -0.1) is 0 Å². The smallest absolute Gasteiger partial charge is 0.155 e. The van der Waals surface area contributed by atoms with Gasteiger partial charge in [0.2, 0.25) is 0 Å². The molecule has 5 heteroatoms. The number of aromatic nitrogens is 4. The lowest BCUT2D eigenvalue weighted by Gasteiger charge is -2.34. The highest BCUT2D eigenvalue weighted by atomic mass is 15.3. The number of nitrogens with zero attached hydrogens (tertiary/aromatic N) is 4. The lowest BCUT2D eigenvalue weighted by atomic mass is 9.87. The second kappa shape index (κ2) is 7.55. The van der Waals surface area contributed by atoms with E-state index in [1.807, 2.05) is 10.6 Å². The second-order valence-electron chi connectivity index (χ2n) is 9.26. The molecular formula is C25H31N5. The summed E-state index contributed by atoms with van der Waals surface area (Å²) < 4.78 is 1.85. The molecule has 1 aromatic carbocycles. The molecule has 4 aromatic rings. The number of piperidine rings is 1. The Balaban J connectivity index is 1.54. The van der Waals surface area contributed by atoms with Crippen molar-refractivity contribution < 1.29 is 0 Å². The highest BCUT2D eigenvalue weighted by Gasteiger charge is 2.23. The van der Waals surface area contributed by atoms with Gasteiger partial charge in [-0.2, -0.15) is 5.10 Å². The van der Waals surface area contributed by atoms with Gasteiger partial charge in [-0.05, 0) is 87.0 Å². The largest absolute Gasteiger partial charge is 0.354 e. The molecule has 1 aliphatic heterocycles. The predicted molar refractivity (Wildman–Crippen MR) is 123 cm³/mol. The number of rotatable bonds is 4. The van der Waals surface area contributed by atoms with Gasteiger partial charge in [0, 0.05) is 28.7 Å². The maximum Gasteiger partial charge on any atom is 0.155 e. The van der Waals surface area contributed by atoms with Crippen molar-refractivity contribution in [2.75, 3.05) is 13.1 Å². The molecule has 1 saturated heterocycles. The van der Waals surface area contributed by atoms with Gasteiger partial charge in [-0.25, -0.2) is 9.50 Å². The zero-order valence-corrected chi connectivity index (χ0v) is 18.4. The Kier molecular flexibility index (Phi) is 4.86. The van der Waals surface area contributed by atoms with Crippen LogP contribution in [0.5, 0.6) is 0 Å². The van der Waals surface area contributed by atoms with Crippen LogP contribution >= 0.6 is 0 Å². The van der Waals surface area contributed by atoms with Crippen molar-refractivity contribution in [3.05, 3.63) is 54.0 Å². The van der Waals surface area contributed by atoms with Crippen molar-refractivity contribution in [2.45, 2.75) is 58.4 Å². The van der Waals surface area contributed by atoms with Crippen LogP contribution in [-0.4, -0.2) is 43.6 Å². The minimum Gasteiger partial charge on any atom is -0.354 e. The molecule has 1 fully saturated rings. The van der Waals surface area contributed by atoms with E-state index in [0.717, 1.165) is 11.2 Å². The van der Waals surface area contributed by atoms with Crippen LogP contribution in [0.4, 0.5) is 0 Å². The first kappa shape index (κ1) is 19.3. The number of H-pyrrole nitrogens is 1. The van der Waals surface area contributed by atoms with E-state index in [4.69, 9.17) is 0 Å². The summed E-state index contributed by atoms with van der Waals surface area (Å²) in [7, 11) is 0. The van der Waals surface area contributed by atoms with Gasteiger partial charge in [0.05, 0.1) is 5.69 Å². The van der Waals surface area contributed by atoms with Gasteiger partial charge in [0.1, 0.15) is 6.33 Å². The van der Waals surface area contributed by atoms with Crippen molar-refractivity contribution in [3.63, 3.8) is 0 Å². The van der Waals surface area contributed by atoms with Gasteiger partial charge in [-0.3, -0.25) is 0 Å². The number of benzene rings is 1. The Bertz CT molecular complexity index is 1170. The van der Waals surface area contributed by atoms with E-state index >= 15 is 0 Å². The molecule has 0 amide bonds. The molecule has 30 heavy (non-hydrogen) atoms. The van der Waals surface area contributed by atoms with E-state index in [2.05, 4.69) is 78.1 Å². The Morgan fingerprint density at radius 3 is 2.57 bits per heavy atom. The van der Waals surface area contributed by atoms with E-state index in [9.17, 15) is 0 Å². The quantitative estimate of drug-likeness (QED) is 0.485. The average Bonchev–Trinajstić information content (AvgIpc) is 3.37. The maximum absolute atomic E-state index is 4.31. The van der Waals surface area contributed by atoms with Crippen LogP contribution in [0.15, 0.2) is 42.9 Å². The third kappa shape index (κ3) is 3.31. The molecule has 0 atom stereocenters. The third-order valence-corrected chi connectivity index (χ3v) is 6.73. The predicted octanol–water partition coefficient (Wildman–Crippen LogP) is 5.59. The van der Waals surface area contributed by atoms with Crippen LogP contribution in [0.3, 0.4) is 0 Å². The fourth-order valence-corrected chi connectivity index (χ4v) is 5.03. The maximum atomic E-state index is 4.31. The van der Waals surface area contributed by atoms with Crippen molar-refractivity contribution in [1.29, 1.82) is 0 Å². The fraction of sp³-hybridized carbons (Fsp3) is 0.440. The summed E-state index contributed by atoms with van der Waals surface area (Å²) in [5.74, 6) is 1.09. The molecule has 1 N–H and O–H groups in total. The molecule has 0 radical (unpaired) electrons. The van der Waals surface area contributed by atoms with Crippen LogP contribution in [0, 0.1) is 0 Å². The van der Waals surface area contributed by atoms with Crippen molar-refractivity contribution >= 4 is 16.6 Å². The van der Waals surface area contributed by atoms with Gasteiger partial charge < -0.3 is 9.88 Å². The average molecular weight is 402 g/mol. The number of pyridine rings is 1. The van der Waals surface area contributed by atoms with Crippen LogP contribution in [-0.2, 0) is 0 Å². The zero-order valence-electron chi connectivity index (χ0n) is 18.4. The van der Waals surface area contributed by atoms with Crippen molar-refractivity contribution in [3.8, 4) is 11.3 Å². The van der Waals surface area contributed by atoms with Crippen molar-refractivity contribution in [1.82, 2.24) is 24.5 Å². The normalized spacial score (nSPS) is 16.5. The monoisotopic (exact) mass is 401 g/mol. The Morgan fingerprint density at radius 2 is 1.83 bits per heavy atom. The fourth-order valence-electron chi connectivity index (χ4n) is 5.03. The van der Waals surface area contributed by atoms with Crippen molar-refractivity contribution in [2.24, 2.45) is 0 Å². The number of hydrogen-bond acceptors (Lipinski definition) is 3. The Morgan fingerprint density at radius 1 is 1.03 bits per heavy atom. The standard InChI is InChI=1S/C25H31N5/c1-16(2)24-21-13-19(18-9-11-29(12-10-18)17(3)4)5-7-22(21)28-25(24)20-6-8-23-26-15-27-30(23)14-20/h5-8,13-18,28H,9-12H2,1-4H3. The molecule has 5 rings (SSSR count). The first-order valence-electron chi connectivity index (χ1n) is 11.2. The van der Waals surface area contributed by atoms with Crippen LogP contribution < -0.4 is 0 Å². The van der Waals surface area contributed by atoms with Gasteiger partial charge >= 0.3 is 0 Å². The number of aromatic amines is 1. The number of hydrogen-bond donors (Lipinski definition) is 1. The van der Waals surface area contributed by atoms with E-state index in [1.165, 1.54) is 53.7 Å². The summed E-state index contributed by atoms with van der Waals surface area (Å²) in [5, 5.41) is 5.68. The molecule has 0 aliphatic carbocycles. The summed E-state index contributed by atoms with van der Waals surface area (Å²) in [4.78, 5) is 10.6. The number of nitrogens with one attached hydrogen (secondary N) is 1. The lowest BCUT2D eigenvalue weighted by Crippen LogP contribution is -2.37. The summed E-state index contributed by atoms with van der Waals surface area (Å²) in [5.41, 5.74) is 7.33. The SMILES string of the molecule is CC(C)c1c(-c2ccc3ncnn3c2)[nH]c2ccc(C3CCN(C(C)C)CC3)cc12.